The van der Waals surface area contributed by atoms with E-state index in [2.05, 4.69) is 5.32 Å². The van der Waals surface area contributed by atoms with Crippen LogP contribution in [0.2, 0.25) is 0 Å². The first-order valence-electron chi connectivity index (χ1n) is 7.90. The summed E-state index contributed by atoms with van der Waals surface area (Å²) in [5.41, 5.74) is 0.708. The van der Waals surface area contributed by atoms with E-state index < -0.39 is 4.92 Å². The number of nitrogens with zero attached hydrogens (tertiary/aromatic N) is 2. The molecule has 24 heavy (non-hydrogen) atoms. The molecule has 8 heteroatoms. The van der Waals surface area contributed by atoms with E-state index in [1.807, 2.05) is 0 Å². The molecular formula is C16H21N3O5. The molecule has 1 aliphatic heterocycles. The van der Waals surface area contributed by atoms with Crippen molar-refractivity contribution in [3.8, 4) is 0 Å². The Balaban J connectivity index is 1.93. The zero-order valence-electron chi connectivity index (χ0n) is 13.8. The Labute approximate surface area is 139 Å². The lowest BCUT2D eigenvalue weighted by molar-refractivity contribution is -0.385. The van der Waals surface area contributed by atoms with E-state index in [9.17, 15) is 19.7 Å². The standard InChI is InChI=1S/C16H21N3O5/c1-3-24-16(21)18-8-6-13(7-9-18)17-15(20)12-5-4-11(2)14(10-12)19(22)23/h4-5,10,13H,3,6-9H2,1-2H3,(H,17,20). The summed E-state index contributed by atoms with van der Waals surface area (Å²) < 4.78 is 4.95. The summed E-state index contributed by atoms with van der Waals surface area (Å²) in [6.07, 6.45) is 0.910. The molecule has 1 aromatic carbocycles. The molecule has 130 valence electrons. The molecule has 2 rings (SSSR count). The van der Waals surface area contributed by atoms with Crippen molar-refractivity contribution < 1.29 is 19.2 Å². The molecule has 1 fully saturated rings. The monoisotopic (exact) mass is 335 g/mol. The van der Waals surface area contributed by atoms with Crippen molar-refractivity contribution >= 4 is 17.7 Å². The van der Waals surface area contributed by atoms with Crippen molar-refractivity contribution in [3.05, 3.63) is 39.4 Å². The zero-order chi connectivity index (χ0) is 17.7. The lowest BCUT2D eigenvalue weighted by Gasteiger charge is -2.31. The summed E-state index contributed by atoms with van der Waals surface area (Å²) >= 11 is 0. The maximum Gasteiger partial charge on any atom is 0.409 e. The van der Waals surface area contributed by atoms with Gasteiger partial charge in [-0.15, -0.1) is 0 Å². The third-order valence-corrected chi connectivity index (χ3v) is 4.02. The van der Waals surface area contributed by atoms with Crippen LogP contribution >= 0.6 is 0 Å². The van der Waals surface area contributed by atoms with E-state index in [-0.39, 0.29) is 29.3 Å². The van der Waals surface area contributed by atoms with Crippen molar-refractivity contribution in [2.45, 2.75) is 32.7 Å². The third kappa shape index (κ3) is 4.21. The van der Waals surface area contributed by atoms with Gasteiger partial charge < -0.3 is 15.0 Å². The number of hydrogen-bond donors (Lipinski definition) is 1. The van der Waals surface area contributed by atoms with Crippen LogP contribution < -0.4 is 5.32 Å². The number of nitro benzene ring substituents is 1. The second-order valence-corrected chi connectivity index (χ2v) is 5.69. The molecule has 1 aromatic rings. The second-order valence-electron chi connectivity index (χ2n) is 5.69. The molecule has 0 saturated carbocycles. The molecule has 0 unspecified atom stereocenters. The number of benzene rings is 1. The predicted molar refractivity (Wildman–Crippen MR) is 86.9 cm³/mol. The summed E-state index contributed by atoms with van der Waals surface area (Å²) in [5, 5.41) is 13.8. The van der Waals surface area contributed by atoms with Crippen molar-refractivity contribution in [3.63, 3.8) is 0 Å². The van der Waals surface area contributed by atoms with Crippen LogP contribution in [0.5, 0.6) is 0 Å². The van der Waals surface area contributed by atoms with Gasteiger partial charge in [-0.3, -0.25) is 14.9 Å². The van der Waals surface area contributed by atoms with E-state index >= 15 is 0 Å². The van der Waals surface area contributed by atoms with E-state index in [1.165, 1.54) is 6.07 Å². The third-order valence-electron chi connectivity index (χ3n) is 4.02. The van der Waals surface area contributed by atoms with E-state index in [1.54, 1.807) is 30.9 Å². The number of ether oxygens (including phenoxy) is 1. The molecule has 0 atom stereocenters. The Morgan fingerprint density at radius 3 is 2.62 bits per heavy atom. The molecule has 1 N–H and O–H groups in total. The van der Waals surface area contributed by atoms with Gasteiger partial charge in [0.2, 0.25) is 0 Å². The van der Waals surface area contributed by atoms with Gasteiger partial charge in [0.05, 0.1) is 11.5 Å². The second kappa shape index (κ2) is 7.76. The van der Waals surface area contributed by atoms with E-state index in [0.29, 0.717) is 38.1 Å². The van der Waals surface area contributed by atoms with Crippen LogP contribution in [0.1, 0.15) is 35.7 Å². The van der Waals surface area contributed by atoms with Crippen LogP contribution in [-0.2, 0) is 4.74 Å². The van der Waals surface area contributed by atoms with Crippen molar-refractivity contribution in [1.29, 1.82) is 0 Å². The summed E-state index contributed by atoms with van der Waals surface area (Å²) in [5.74, 6) is -0.340. The smallest absolute Gasteiger partial charge is 0.409 e. The number of nitrogens with one attached hydrogen (secondary N) is 1. The molecule has 0 bridgehead atoms. The molecule has 1 heterocycles. The Bertz CT molecular complexity index is 639. The number of hydrogen-bond acceptors (Lipinski definition) is 5. The highest BCUT2D eigenvalue weighted by atomic mass is 16.6. The SMILES string of the molecule is CCOC(=O)N1CCC(NC(=O)c2ccc(C)c([N+](=O)[O-])c2)CC1. The average molecular weight is 335 g/mol. The van der Waals surface area contributed by atoms with E-state index in [4.69, 9.17) is 4.74 Å². The molecule has 0 aromatic heterocycles. The minimum Gasteiger partial charge on any atom is -0.450 e. The molecular weight excluding hydrogens is 314 g/mol. The summed E-state index contributed by atoms with van der Waals surface area (Å²) in [6, 6.07) is 4.36. The molecule has 0 radical (unpaired) electrons. The fourth-order valence-corrected chi connectivity index (χ4v) is 2.64. The minimum absolute atomic E-state index is 0.0662. The van der Waals surface area contributed by atoms with Gasteiger partial charge in [0.25, 0.3) is 11.6 Å². The zero-order valence-corrected chi connectivity index (χ0v) is 13.8. The first kappa shape index (κ1) is 17.7. The Kier molecular flexibility index (Phi) is 5.73. The number of amides is 2. The number of rotatable bonds is 4. The number of carbonyl (C=O) groups excluding carboxylic acids is 2. The minimum atomic E-state index is -0.496. The maximum absolute atomic E-state index is 12.3. The quantitative estimate of drug-likeness (QED) is 0.671. The average Bonchev–Trinajstić information content (AvgIpc) is 2.55. The van der Waals surface area contributed by atoms with Gasteiger partial charge in [0.1, 0.15) is 0 Å². The normalized spacial score (nSPS) is 15.0. The number of likely N-dealkylation sites (tertiary alicyclic amines) is 1. The van der Waals surface area contributed by atoms with Crippen LogP contribution in [0.3, 0.4) is 0 Å². The fourth-order valence-electron chi connectivity index (χ4n) is 2.64. The van der Waals surface area contributed by atoms with Crippen LogP contribution in [0.25, 0.3) is 0 Å². The highest BCUT2D eigenvalue weighted by Crippen LogP contribution is 2.20. The van der Waals surface area contributed by atoms with Gasteiger partial charge in [-0.2, -0.15) is 0 Å². The van der Waals surface area contributed by atoms with Crippen LogP contribution in [0.15, 0.2) is 18.2 Å². The highest BCUT2D eigenvalue weighted by molar-refractivity contribution is 5.95. The fraction of sp³-hybridized carbons (Fsp3) is 0.500. The molecule has 1 aliphatic rings. The Morgan fingerprint density at radius 1 is 1.38 bits per heavy atom. The topological polar surface area (TPSA) is 102 Å². The van der Waals surface area contributed by atoms with Crippen LogP contribution in [0.4, 0.5) is 10.5 Å². The molecule has 0 spiro atoms. The van der Waals surface area contributed by atoms with Gasteiger partial charge in [-0.25, -0.2) is 4.79 Å². The molecule has 1 saturated heterocycles. The Morgan fingerprint density at radius 2 is 2.04 bits per heavy atom. The van der Waals surface area contributed by atoms with Gasteiger partial charge in [-0.05, 0) is 32.8 Å². The first-order chi connectivity index (χ1) is 11.4. The molecule has 0 aliphatic carbocycles. The van der Waals surface area contributed by atoms with Crippen molar-refractivity contribution in [2.75, 3.05) is 19.7 Å². The number of nitro groups is 1. The molecule has 8 nitrogen and oxygen atoms in total. The Hall–Kier alpha value is -2.64. The number of carbonyl (C=O) groups is 2. The summed E-state index contributed by atoms with van der Waals surface area (Å²) in [7, 11) is 0. The van der Waals surface area contributed by atoms with Crippen molar-refractivity contribution in [1.82, 2.24) is 10.2 Å². The predicted octanol–water partition coefficient (Wildman–Crippen LogP) is 2.25. The van der Waals surface area contributed by atoms with Gasteiger partial charge in [-0.1, -0.05) is 6.07 Å². The number of aryl methyl sites for hydroxylation is 1. The van der Waals surface area contributed by atoms with Gasteiger partial charge in [0.15, 0.2) is 0 Å². The molecule has 2 amide bonds. The lowest BCUT2D eigenvalue weighted by Crippen LogP contribution is -2.46. The lowest BCUT2D eigenvalue weighted by atomic mass is 10.0. The number of piperidine rings is 1. The van der Waals surface area contributed by atoms with Crippen LogP contribution in [-0.4, -0.2) is 47.6 Å². The van der Waals surface area contributed by atoms with Crippen molar-refractivity contribution in [2.24, 2.45) is 0 Å². The van der Waals surface area contributed by atoms with Gasteiger partial charge in [0, 0.05) is 36.3 Å². The first-order valence-corrected chi connectivity index (χ1v) is 7.90. The van der Waals surface area contributed by atoms with Crippen LogP contribution in [0, 0.1) is 17.0 Å². The summed E-state index contributed by atoms with van der Waals surface area (Å²) in [4.78, 5) is 36.0. The van der Waals surface area contributed by atoms with E-state index in [0.717, 1.165) is 0 Å². The van der Waals surface area contributed by atoms with Gasteiger partial charge >= 0.3 is 6.09 Å². The highest BCUT2D eigenvalue weighted by Gasteiger charge is 2.25. The maximum atomic E-state index is 12.3. The summed E-state index contributed by atoms with van der Waals surface area (Å²) in [6.45, 7) is 4.74. The largest absolute Gasteiger partial charge is 0.450 e.